The van der Waals surface area contributed by atoms with Gasteiger partial charge in [-0.2, -0.15) is 0 Å². The van der Waals surface area contributed by atoms with Crippen molar-refractivity contribution < 1.29 is 9.90 Å². The SMILES string of the molecule is CC(=O)c1cccc(/C=C\CCCC(O)N(C)C)c1. The smallest absolute Gasteiger partial charge is 0.159 e. The highest BCUT2D eigenvalue weighted by atomic mass is 16.3. The number of allylic oxidation sites excluding steroid dienone is 1. The van der Waals surface area contributed by atoms with E-state index in [-0.39, 0.29) is 12.0 Å². The summed E-state index contributed by atoms with van der Waals surface area (Å²) in [6.07, 6.45) is 6.38. The van der Waals surface area contributed by atoms with Gasteiger partial charge >= 0.3 is 0 Å². The minimum Gasteiger partial charge on any atom is -0.378 e. The maximum absolute atomic E-state index is 11.3. The van der Waals surface area contributed by atoms with Crippen molar-refractivity contribution in [1.29, 1.82) is 0 Å². The molecule has 1 unspecified atom stereocenters. The number of ketones is 1. The Balaban J connectivity index is 2.41. The van der Waals surface area contributed by atoms with E-state index >= 15 is 0 Å². The summed E-state index contributed by atoms with van der Waals surface area (Å²) < 4.78 is 0. The number of carbonyl (C=O) groups is 1. The molecular formula is C16H23NO2. The van der Waals surface area contributed by atoms with Crippen LogP contribution >= 0.6 is 0 Å². The first kappa shape index (κ1) is 15.6. The zero-order valence-corrected chi connectivity index (χ0v) is 12.0. The van der Waals surface area contributed by atoms with Gasteiger partial charge in [0.1, 0.15) is 6.23 Å². The molecule has 0 bridgehead atoms. The molecule has 0 aliphatic carbocycles. The molecule has 1 aromatic carbocycles. The highest BCUT2D eigenvalue weighted by molar-refractivity contribution is 5.94. The largest absolute Gasteiger partial charge is 0.378 e. The molecule has 1 rings (SSSR count). The maximum Gasteiger partial charge on any atom is 0.159 e. The summed E-state index contributed by atoms with van der Waals surface area (Å²) in [5.41, 5.74) is 1.78. The van der Waals surface area contributed by atoms with Gasteiger partial charge in [-0.05, 0) is 51.9 Å². The normalized spacial score (nSPS) is 13.1. The lowest BCUT2D eigenvalue weighted by molar-refractivity contribution is 0.0321. The third-order valence-corrected chi connectivity index (χ3v) is 3.03. The Hall–Kier alpha value is -1.45. The Labute approximate surface area is 115 Å². The average molecular weight is 261 g/mol. The van der Waals surface area contributed by atoms with Crippen molar-refractivity contribution >= 4 is 11.9 Å². The Morgan fingerprint density at radius 1 is 1.42 bits per heavy atom. The molecule has 1 aromatic rings. The first-order valence-corrected chi connectivity index (χ1v) is 6.62. The minimum atomic E-state index is -0.366. The highest BCUT2D eigenvalue weighted by Gasteiger charge is 2.04. The van der Waals surface area contributed by atoms with E-state index in [0.717, 1.165) is 30.4 Å². The topological polar surface area (TPSA) is 40.5 Å². The van der Waals surface area contributed by atoms with E-state index in [9.17, 15) is 9.90 Å². The van der Waals surface area contributed by atoms with Gasteiger partial charge in [-0.25, -0.2) is 0 Å². The number of benzene rings is 1. The molecule has 3 heteroatoms. The van der Waals surface area contributed by atoms with E-state index < -0.39 is 0 Å². The van der Waals surface area contributed by atoms with E-state index in [1.165, 1.54) is 0 Å². The predicted octanol–water partition coefficient (Wildman–Crippen LogP) is 2.95. The number of unbranched alkanes of at least 4 members (excludes halogenated alkanes) is 1. The lowest BCUT2D eigenvalue weighted by Gasteiger charge is -2.17. The van der Waals surface area contributed by atoms with Gasteiger partial charge in [0.2, 0.25) is 0 Å². The van der Waals surface area contributed by atoms with Crippen LogP contribution in [0, 0.1) is 0 Å². The molecule has 0 saturated carbocycles. The van der Waals surface area contributed by atoms with Crippen LogP contribution in [-0.4, -0.2) is 36.1 Å². The molecular weight excluding hydrogens is 238 g/mol. The first-order chi connectivity index (χ1) is 9.00. The molecule has 104 valence electrons. The van der Waals surface area contributed by atoms with Crippen molar-refractivity contribution in [3.63, 3.8) is 0 Å². The van der Waals surface area contributed by atoms with Crippen molar-refractivity contribution in [2.75, 3.05) is 14.1 Å². The monoisotopic (exact) mass is 261 g/mol. The van der Waals surface area contributed by atoms with E-state index in [0.29, 0.717) is 0 Å². The molecule has 0 heterocycles. The zero-order chi connectivity index (χ0) is 14.3. The molecule has 0 saturated heterocycles. The molecule has 1 atom stereocenters. The van der Waals surface area contributed by atoms with Crippen LogP contribution in [-0.2, 0) is 0 Å². The second kappa shape index (κ2) is 7.87. The Kier molecular flexibility index (Phi) is 6.46. The Bertz CT molecular complexity index is 438. The number of nitrogens with zero attached hydrogens (tertiary/aromatic N) is 1. The molecule has 19 heavy (non-hydrogen) atoms. The number of carbonyl (C=O) groups excluding carboxylic acids is 1. The third-order valence-electron chi connectivity index (χ3n) is 3.03. The zero-order valence-electron chi connectivity index (χ0n) is 12.0. The fourth-order valence-electron chi connectivity index (χ4n) is 1.76. The summed E-state index contributed by atoms with van der Waals surface area (Å²) in [5.74, 6) is 0.0874. The van der Waals surface area contributed by atoms with Crippen molar-refractivity contribution in [1.82, 2.24) is 4.90 Å². The minimum absolute atomic E-state index is 0.0874. The van der Waals surface area contributed by atoms with Gasteiger partial charge in [0.15, 0.2) is 5.78 Å². The molecule has 0 aromatic heterocycles. The van der Waals surface area contributed by atoms with E-state index in [1.54, 1.807) is 11.8 Å². The van der Waals surface area contributed by atoms with Crippen LogP contribution in [0.25, 0.3) is 6.08 Å². The van der Waals surface area contributed by atoms with Crippen LogP contribution in [0.5, 0.6) is 0 Å². The second-order valence-electron chi connectivity index (χ2n) is 4.96. The van der Waals surface area contributed by atoms with Gasteiger partial charge in [-0.1, -0.05) is 30.4 Å². The van der Waals surface area contributed by atoms with Crippen LogP contribution in [0.15, 0.2) is 30.3 Å². The Morgan fingerprint density at radius 3 is 2.79 bits per heavy atom. The van der Waals surface area contributed by atoms with Gasteiger partial charge in [-0.3, -0.25) is 9.69 Å². The van der Waals surface area contributed by atoms with Crippen LogP contribution in [0.4, 0.5) is 0 Å². The van der Waals surface area contributed by atoms with Gasteiger partial charge in [-0.15, -0.1) is 0 Å². The van der Waals surface area contributed by atoms with Gasteiger partial charge in [0.25, 0.3) is 0 Å². The Morgan fingerprint density at radius 2 is 2.16 bits per heavy atom. The highest BCUT2D eigenvalue weighted by Crippen LogP contribution is 2.10. The standard InChI is InChI=1S/C16H23NO2/c1-13(18)15-10-7-9-14(12-15)8-5-4-6-11-16(19)17(2)3/h5,7-10,12,16,19H,4,6,11H2,1-3H3/b8-5-. The molecule has 0 amide bonds. The number of Topliss-reactive ketones (excluding diaryl/α,β-unsaturated/α-hetero) is 1. The van der Waals surface area contributed by atoms with Gasteiger partial charge < -0.3 is 5.11 Å². The molecule has 0 radical (unpaired) electrons. The van der Waals surface area contributed by atoms with Crippen molar-refractivity contribution in [2.24, 2.45) is 0 Å². The summed E-state index contributed by atoms with van der Waals surface area (Å²) >= 11 is 0. The van der Waals surface area contributed by atoms with Crippen LogP contribution < -0.4 is 0 Å². The van der Waals surface area contributed by atoms with E-state index in [4.69, 9.17) is 0 Å². The number of hydrogen-bond acceptors (Lipinski definition) is 3. The molecule has 3 nitrogen and oxygen atoms in total. The first-order valence-electron chi connectivity index (χ1n) is 6.62. The molecule has 0 aliphatic heterocycles. The van der Waals surface area contributed by atoms with Gasteiger partial charge in [0, 0.05) is 5.56 Å². The van der Waals surface area contributed by atoms with Crippen LogP contribution in [0.1, 0.15) is 42.1 Å². The fourth-order valence-corrected chi connectivity index (χ4v) is 1.76. The molecule has 0 aliphatic rings. The van der Waals surface area contributed by atoms with E-state index in [1.807, 2.05) is 44.4 Å². The van der Waals surface area contributed by atoms with E-state index in [2.05, 4.69) is 6.08 Å². The fraction of sp³-hybridized carbons (Fsp3) is 0.438. The number of aliphatic hydroxyl groups is 1. The van der Waals surface area contributed by atoms with Crippen molar-refractivity contribution in [2.45, 2.75) is 32.4 Å². The summed E-state index contributed by atoms with van der Waals surface area (Å²) in [6, 6.07) is 7.60. The second-order valence-corrected chi connectivity index (χ2v) is 4.96. The lowest BCUT2D eigenvalue weighted by Crippen LogP contribution is -2.26. The van der Waals surface area contributed by atoms with Crippen LogP contribution in [0.2, 0.25) is 0 Å². The maximum atomic E-state index is 11.3. The molecule has 0 fully saturated rings. The number of hydrogen-bond donors (Lipinski definition) is 1. The summed E-state index contributed by atoms with van der Waals surface area (Å²) in [6.45, 7) is 1.57. The quantitative estimate of drug-likeness (QED) is 0.466. The van der Waals surface area contributed by atoms with Gasteiger partial charge in [0.05, 0.1) is 0 Å². The van der Waals surface area contributed by atoms with Crippen LogP contribution in [0.3, 0.4) is 0 Å². The molecule has 0 spiro atoms. The summed E-state index contributed by atoms with van der Waals surface area (Å²) in [5, 5.41) is 9.60. The third kappa shape index (κ3) is 5.81. The summed E-state index contributed by atoms with van der Waals surface area (Å²) in [7, 11) is 3.74. The van der Waals surface area contributed by atoms with Crippen molar-refractivity contribution in [3.05, 3.63) is 41.5 Å². The van der Waals surface area contributed by atoms with Crippen molar-refractivity contribution in [3.8, 4) is 0 Å². The average Bonchev–Trinajstić information content (AvgIpc) is 2.38. The lowest BCUT2D eigenvalue weighted by atomic mass is 10.1. The number of aliphatic hydroxyl groups excluding tert-OH is 1. The predicted molar refractivity (Wildman–Crippen MR) is 79.0 cm³/mol. The summed E-state index contributed by atoms with van der Waals surface area (Å²) in [4.78, 5) is 13.1. The molecule has 1 N–H and O–H groups in total. The number of rotatable bonds is 7.